The molecule has 0 amide bonds. The molecular weight excluding hydrogens is 250 g/mol. The largest absolute Gasteiger partial charge is 0.461 e. The van der Waals surface area contributed by atoms with Crippen molar-refractivity contribution in [1.29, 1.82) is 0 Å². The van der Waals surface area contributed by atoms with E-state index in [1.165, 1.54) is 10.4 Å². The Morgan fingerprint density at radius 1 is 1.24 bits per heavy atom. The Morgan fingerprint density at radius 3 is 2.94 bits per heavy atom. The summed E-state index contributed by atoms with van der Waals surface area (Å²) in [6.07, 6.45) is 0.878. The van der Waals surface area contributed by atoms with Gasteiger partial charge in [-0.1, -0.05) is 24.3 Å². The Labute approximate surface area is 109 Å². The number of benzene rings is 1. The van der Waals surface area contributed by atoms with Gasteiger partial charge in [0.15, 0.2) is 0 Å². The standard InChI is InChI=1S/C13H11NOS2/c16-13-14-10-5-2-1-4-9(10)8-11(15-13)12-6-3-7-17-12/h1-7,11H,8H2,(H,14,16). The minimum atomic E-state index is 0.0265. The molecule has 0 fully saturated rings. The van der Waals surface area contributed by atoms with Crippen molar-refractivity contribution in [3.63, 3.8) is 0 Å². The lowest BCUT2D eigenvalue weighted by Crippen LogP contribution is -2.13. The molecule has 1 aliphatic rings. The van der Waals surface area contributed by atoms with Crippen molar-refractivity contribution in [2.24, 2.45) is 0 Å². The van der Waals surface area contributed by atoms with E-state index in [2.05, 4.69) is 22.8 Å². The van der Waals surface area contributed by atoms with Crippen LogP contribution in [0.3, 0.4) is 0 Å². The number of fused-ring (bicyclic) bond motifs is 1. The molecule has 2 heterocycles. The van der Waals surface area contributed by atoms with E-state index in [0.29, 0.717) is 5.17 Å². The number of thiocarbonyl (C=S) groups is 1. The molecule has 17 heavy (non-hydrogen) atoms. The van der Waals surface area contributed by atoms with Crippen molar-refractivity contribution in [1.82, 2.24) is 0 Å². The molecule has 0 radical (unpaired) electrons. The van der Waals surface area contributed by atoms with Crippen LogP contribution in [0.15, 0.2) is 41.8 Å². The highest BCUT2D eigenvalue weighted by atomic mass is 32.1. The van der Waals surface area contributed by atoms with Crippen LogP contribution < -0.4 is 5.32 Å². The van der Waals surface area contributed by atoms with Crippen molar-refractivity contribution in [2.45, 2.75) is 12.5 Å². The lowest BCUT2D eigenvalue weighted by Gasteiger charge is -2.14. The number of anilines is 1. The molecule has 1 atom stereocenters. The predicted molar refractivity (Wildman–Crippen MR) is 74.5 cm³/mol. The van der Waals surface area contributed by atoms with Gasteiger partial charge in [-0.15, -0.1) is 11.3 Å². The van der Waals surface area contributed by atoms with Crippen LogP contribution in [0.4, 0.5) is 5.69 Å². The number of ether oxygens (including phenoxy) is 1. The van der Waals surface area contributed by atoms with E-state index in [1.807, 2.05) is 24.3 Å². The molecule has 0 saturated carbocycles. The number of hydrogen-bond donors (Lipinski definition) is 1. The first-order chi connectivity index (χ1) is 8.33. The number of hydrogen-bond acceptors (Lipinski definition) is 3. The second-order valence-electron chi connectivity index (χ2n) is 3.90. The monoisotopic (exact) mass is 261 g/mol. The zero-order valence-corrected chi connectivity index (χ0v) is 10.7. The first kappa shape index (κ1) is 10.7. The Bertz CT molecular complexity index is 536. The highest BCUT2D eigenvalue weighted by Crippen LogP contribution is 2.32. The van der Waals surface area contributed by atoms with E-state index in [9.17, 15) is 0 Å². The minimum Gasteiger partial charge on any atom is -0.461 e. The lowest BCUT2D eigenvalue weighted by molar-refractivity contribution is 0.205. The van der Waals surface area contributed by atoms with Crippen LogP contribution in [-0.2, 0) is 11.2 Å². The van der Waals surface area contributed by atoms with Crippen LogP contribution in [0.5, 0.6) is 0 Å². The molecular formula is C13H11NOS2. The summed E-state index contributed by atoms with van der Waals surface area (Å²) in [5.74, 6) is 0. The number of rotatable bonds is 1. The van der Waals surface area contributed by atoms with Gasteiger partial charge in [-0.3, -0.25) is 0 Å². The highest BCUT2D eigenvalue weighted by molar-refractivity contribution is 7.80. The summed E-state index contributed by atoms with van der Waals surface area (Å²) in [6.45, 7) is 0. The van der Waals surface area contributed by atoms with Crippen molar-refractivity contribution < 1.29 is 4.74 Å². The summed E-state index contributed by atoms with van der Waals surface area (Å²) in [7, 11) is 0. The first-order valence-corrected chi connectivity index (χ1v) is 6.70. The van der Waals surface area contributed by atoms with Crippen LogP contribution in [-0.4, -0.2) is 5.17 Å². The summed E-state index contributed by atoms with van der Waals surface area (Å²) in [4.78, 5) is 1.21. The number of para-hydroxylation sites is 1. The fraction of sp³-hybridized carbons (Fsp3) is 0.154. The molecule has 86 valence electrons. The molecule has 1 aliphatic heterocycles. The number of nitrogens with one attached hydrogen (secondary N) is 1. The third-order valence-corrected chi connectivity index (χ3v) is 3.93. The molecule has 1 aromatic heterocycles. The molecule has 0 bridgehead atoms. The van der Waals surface area contributed by atoms with E-state index in [4.69, 9.17) is 17.0 Å². The predicted octanol–water partition coefficient (Wildman–Crippen LogP) is 3.76. The molecule has 1 unspecified atom stereocenters. The quantitative estimate of drug-likeness (QED) is 0.790. The topological polar surface area (TPSA) is 21.3 Å². The third-order valence-electron chi connectivity index (χ3n) is 2.77. The van der Waals surface area contributed by atoms with Crippen LogP contribution in [0, 0.1) is 0 Å². The third kappa shape index (κ3) is 2.18. The van der Waals surface area contributed by atoms with Gasteiger partial charge < -0.3 is 10.1 Å². The van der Waals surface area contributed by atoms with E-state index < -0.39 is 0 Å². The maximum Gasteiger partial charge on any atom is 0.261 e. The van der Waals surface area contributed by atoms with Crippen molar-refractivity contribution in [2.75, 3.05) is 5.32 Å². The Morgan fingerprint density at radius 2 is 2.12 bits per heavy atom. The van der Waals surface area contributed by atoms with Gasteiger partial charge in [0, 0.05) is 17.0 Å². The average Bonchev–Trinajstić information content (AvgIpc) is 2.79. The van der Waals surface area contributed by atoms with Gasteiger partial charge >= 0.3 is 0 Å². The molecule has 0 aliphatic carbocycles. The van der Waals surface area contributed by atoms with Crippen molar-refractivity contribution in [3.05, 3.63) is 52.2 Å². The molecule has 1 N–H and O–H groups in total. The zero-order valence-electron chi connectivity index (χ0n) is 9.05. The molecule has 4 heteroatoms. The summed E-state index contributed by atoms with van der Waals surface area (Å²) in [6, 6.07) is 12.3. The van der Waals surface area contributed by atoms with E-state index in [-0.39, 0.29) is 6.10 Å². The summed E-state index contributed by atoms with van der Waals surface area (Å²) < 4.78 is 5.77. The smallest absolute Gasteiger partial charge is 0.261 e. The van der Waals surface area contributed by atoms with Gasteiger partial charge in [0.25, 0.3) is 5.17 Å². The highest BCUT2D eigenvalue weighted by Gasteiger charge is 2.22. The Hall–Kier alpha value is -1.39. The van der Waals surface area contributed by atoms with Gasteiger partial charge in [0.05, 0.1) is 0 Å². The summed E-state index contributed by atoms with van der Waals surface area (Å²) in [5, 5.41) is 5.64. The minimum absolute atomic E-state index is 0.0265. The van der Waals surface area contributed by atoms with Crippen molar-refractivity contribution >= 4 is 34.4 Å². The maximum absolute atomic E-state index is 5.77. The fourth-order valence-corrected chi connectivity index (χ4v) is 2.94. The molecule has 2 nitrogen and oxygen atoms in total. The van der Waals surface area contributed by atoms with E-state index in [1.54, 1.807) is 11.3 Å². The molecule has 2 aromatic rings. The summed E-state index contributed by atoms with van der Waals surface area (Å²) >= 11 is 6.89. The molecule has 3 rings (SSSR count). The summed E-state index contributed by atoms with van der Waals surface area (Å²) in [5.41, 5.74) is 2.29. The van der Waals surface area contributed by atoms with Crippen LogP contribution >= 0.6 is 23.6 Å². The second-order valence-corrected chi connectivity index (χ2v) is 5.25. The Kier molecular flexibility index (Phi) is 2.82. The Balaban J connectivity index is 1.98. The maximum atomic E-state index is 5.77. The van der Waals surface area contributed by atoms with Gasteiger partial charge in [0.2, 0.25) is 0 Å². The van der Waals surface area contributed by atoms with Crippen LogP contribution in [0.25, 0.3) is 0 Å². The zero-order chi connectivity index (χ0) is 11.7. The number of thiophene rings is 1. The SMILES string of the molecule is S=C1Nc2ccccc2CC(c2cccs2)O1. The first-order valence-electron chi connectivity index (χ1n) is 5.42. The fourth-order valence-electron chi connectivity index (χ4n) is 1.96. The second kappa shape index (κ2) is 4.47. The average molecular weight is 261 g/mol. The van der Waals surface area contributed by atoms with Gasteiger partial charge in [-0.2, -0.15) is 0 Å². The van der Waals surface area contributed by atoms with E-state index in [0.717, 1.165) is 12.1 Å². The lowest BCUT2D eigenvalue weighted by atomic mass is 10.1. The van der Waals surface area contributed by atoms with Crippen LogP contribution in [0.2, 0.25) is 0 Å². The van der Waals surface area contributed by atoms with Gasteiger partial charge in [0.1, 0.15) is 6.10 Å². The van der Waals surface area contributed by atoms with E-state index >= 15 is 0 Å². The molecule has 0 saturated heterocycles. The normalized spacial score (nSPS) is 18.8. The molecule has 0 spiro atoms. The van der Waals surface area contributed by atoms with Gasteiger partial charge in [-0.25, -0.2) is 0 Å². The van der Waals surface area contributed by atoms with Crippen LogP contribution in [0.1, 0.15) is 16.5 Å². The molecule has 1 aromatic carbocycles. The van der Waals surface area contributed by atoms with Crippen molar-refractivity contribution in [3.8, 4) is 0 Å². The van der Waals surface area contributed by atoms with Gasteiger partial charge in [-0.05, 0) is 35.3 Å².